The number of halogens is 2. The van der Waals surface area contributed by atoms with Gasteiger partial charge in [0.1, 0.15) is 16.5 Å². The van der Waals surface area contributed by atoms with Gasteiger partial charge in [0.2, 0.25) is 5.91 Å². The highest BCUT2D eigenvalue weighted by molar-refractivity contribution is 6.32. The molecule has 0 aliphatic heterocycles. The first-order valence-corrected chi connectivity index (χ1v) is 7.01. The third kappa shape index (κ3) is 4.39. The van der Waals surface area contributed by atoms with Gasteiger partial charge in [-0.05, 0) is 51.0 Å². The van der Waals surface area contributed by atoms with Crippen LogP contribution in [0.15, 0.2) is 12.1 Å². The van der Waals surface area contributed by atoms with E-state index >= 15 is 0 Å². The van der Waals surface area contributed by atoms with E-state index in [4.69, 9.17) is 27.9 Å². The van der Waals surface area contributed by atoms with Crippen LogP contribution in [0, 0.1) is 13.8 Å². The molecule has 0 bridgehead atoms. The van der Waals surface area contributed by atoms with E-state index in [1.807, 2.05) is 13.8 Å². The number of hydrogen-bond donors (Lipinski definition) is 1. The summed E-state index contributed by atoms with van der Waals surface area (Å²) in [4.78, 5) is 23.1. The summed E-state index contributed by atoms with van der Waals surface area (Å²) in [6, 6.07) is 3.33. The lowest BCUT2D eigenvalue weighted by Crippen LogP contribution is -2.22. The number of rotatable bonds is 4. The molecule has 1 rings (SSSR count). The molecule has 0 saturated carbocycles. The molecule has 6 heteroatoms. The molecular weight excluding hydrogens is 301 g/mol. The Balaban J connectivity index is 2.97. The van der Waals surface area contributed by atoms with Gasteiger partial charge in [-0.15, -0.1) is 23.2 Å². The zero-order chi connectivity index (χ0) is 15.4. The Morgan fingerprint density at radius 2 is 1.60 bits per heavy atom. The van der Waals surface area contributed by atoms with Crippen LogP contribution in [0.3, 0.4) is 0 Å². The Kier molecular flexibility index (Phi) is 5.84. The van der Waals surface area contributed by atoms with Gasteiger partial charge in [0.25, 0.3) is 0 Å². The maximum absolute atomic E-state index is 11.6. The lowest BCUT2D eigenvalue weighted by atomic mass is 10.1. The molecule has 0 spiro atoms. The first-order valence-electron chi connectivity index (χ1n) is 6.14. The van der Waals surface area contributed by atoms with Crippen LogP contribution >= 0.6 is 23.2 Å². The van der Waals surface area contributed by atoms with Crippen molar-refractivity contribution in [1.29, 1.82) is 0 Å². The fourth-order valence-electron chi connectivity index (χ4n) is 1.60. The summed E-state index contributed by atoms with van der Waals surface area (Å²) >= 11 is 11.4. The number of nitrogens with one attached hydrogen (secondary N) is 1. The van der Waals surface area contributed by atoms with Gasteiger partial charge in [-0.1, -0.05) is 0 Å². The standard InChI is InChI=1S/C14H17Cl2NO3/c1-7-5-11(20-14(19)10(4)16)6-8(2)12(7)17-13(18)9(3)15/h5-6,9-10H,1-4H3,(H,17,18). The second-order valence-corrected chi connectivity index (χ2v) is 5.88. The minimum absolute atomic E-state index is 0.281. The van der Waals surface area contributed by atoms with Crippen molar-refractivity contribution in [3.8, 4) is 5.75 Å². The lowest BCUT2D eigenvalue weighted by Gasteiger charge is -2.15. The zero-order valence-electron chi connectivity index (χ0n) is 11.8. The summed E-state index contributed by atoms with van der Waals surface area (Å²) in [6.07, 6.45) is 0. The van der Waals surface area contributed by atoms with Gasteiger partial charge in [0.15, 0.2) is 0 Å². The number of anilines is 1. The highest BCUT2D eigenvalue weighted by Gasteiger charge is 2.16. The van der Waals surface area contributed by atoms with E-state index in [2.05, 4.69) is 5.32 Å². The van der Waals surface area contributed by atoms with Crippen molar-refractivity contribution in [2.75, 3.05) is 5.32 Å². The number of aryl methyl sites for hydroxylation is 2. The fourth-order valence-corrected chi connectivity index (χ4v) is 1.70. The van der Waals surface area contributed by atoms with E-state index in [1.54, 1.807) is 26.0 Å². The van der Waals surface area contributed by atoms with Gasteiger partial charge in [-0.3, -0.25) is 9.59 Å². The first kappa shape index (κ1) is 16.8. The molecule has 1 amide bonds. The molecule has 0 fully saturated rings. The Morgan fingerprint density at radius 3 is 2.00 bits per heavy atom. The van der Waals surface area contributed by atoms with E-state index < -0.39 is 16.7 Å². The van der Waals surface area contributed by atoms with Crippen LogP contribution in [0.4, 0.5) is 5.69 Å². The van der Waals surface area contributed by atoms with E-state index in [9.17, 15) is 9.59 Å². The topological polar surface area (TPSA) is 55.4 Å². The third-order valence-corrected chi connectivity index (χ3v) is 3.04. The predicted octanol–water partition coefficient (Wildman–Crippen LogP) is 3.40. The quantitative estimate of drug-likeness (QED) is 0.526. The number of esters is 1. The predicted molar refractivity (Wildman–Crippen MR) is 80.8 cm³/mol. The van der Waals surface area contributed by atoms with Crippen LogP contribution in [-0.2, 0) is 9.59 Å². The Hall–Kier alpha value is -1.26. The number of alkyl halides is 2. The van der Waals surface area contributed by atoms with Crippen LogP contribution in [0.1, 0.15) is 25.0 Å². The van der Waals surface area contributed by atoms with Gasteiger partial charge >= 0.3 is 5.97 Å². The van der Waals surface area contributed by atoms with Crippen LogP contribution in [0.2, 0.25) is 0 Å². The number of carbonyl (C=O) groups excluding carboxylic acids is 2. The third-order valence-electron chi connectivity index (χ3n) is 2.66. The smallest absolute Gasteiger partial charge is 0.329 e. The molecule has 1 N–H and O–H groups in total. The summed E-state index contributed by atoms with van der Waals surface area (Å²) in [5.41, 5.74) is 2.22. The van der Waals surface area contributed by atoms with Crippen molar-refractivity contribution in [3.63, 3.8) is 0 Å². The molecule has 4 nitrogen and oxygen atoms in total. The van der Waals surface area contributed by atoms with Gasteiger partial charge < -0.3 is 10.1 Å². The average Bonchev–Trinajstić information content (AvgIpc) is 2.33. The molecule has 2 atom stereocenters. The van der Waals surface area contributed by atoms with E-state index in [0.29, 0.717) is 11.4 Å². The number of benzene rings is 1. The van der Waals surface area contributed by atoms with Crippen LogP contribution in [0.25, 0.3) is 0 Å². The number of ether oxygens (including phenoxy) is 1. The molecule has 0 radical (unpaired) electrons. The molecule has 110 valence electrons. The molecule has 2 unspecified atom stereocenters. The number of amides is 1. The van der Waals surface area contributed by atoms with Gasteiger partial charge in [0, 0.05) is 5.69 Å². The average molecular weight is 318 g/mol. The van der Waals surface area contributed by atoms with Crippen molar-refractivity contribution in [1.82, 2.24) is 0 Å². The second-order valence-electron chi connectivity index (χ2n) is 4.57. The largest absolute Gasteiger partial charge is 0.425 e. The fraction of sp³-hybridized carbons (Fsp3) is 0.429. The van der Waals surface area contributed by atoms with E-state index in [1.165, 1.54) is 0 Å². The lowest BCUT2D eigenvalue weighted by molar-refractivity contribution is -0.133. The maximum atomic E-state index is 11.6. The molecule has 1 aromatic rings. The van der Waals surface area contributed by atoms with Gasteiger partial charge in [-0.2, -0.15) is 0 Å². The van der Waals surface area contributed by atoms with E-state index in [0.717, 1.165) is 11.1 Å². The summed E-state index contributed by atoms with van der Waals surface area (Å²) in [7, 11) is 0. The highest BCUT2D eigenvalue weighted by Crippen LogP contribution is 2.27. The number of carbonyl (C=O) groups is 2. The van der Waals surface area contributed by atoms with Crippen LogP contribution < -0.4 is 10.1 Å². The van der Waals surface area contributed by atoms with Gasteiger partial charge in [0.05, 0.1) is 0 Å². The molecule has 0 aliphatic carbocycles. The summed E-state index contributed by atoms with van der Waals surface area (Å²) < 4.78 is 5.14. The highest BCUT2D eigenvalue weighted by atomic mass is 35.5. The van der Waals surface area contributed by atoms with Crippen molar-refractivity contribution < 1.29 is 14.3 Å². The van der Waals surface area contributed by atoms with Crippen molar-refractivity contribution in [2.45, 2.75) is 38.4 Å². The maximum Gasteiger partial charge on any atom is 0.329 e. The zero-order valence-corrected chi connectivity index (χ0v) is 13.3. The summed E-state index contributed by atoms with van der Waals surface area (Å²) in [5, 5.41) is 1.41. The van der Waals surface area contributed by atoms with E-state index in [-0.39, 0.29) is 5.91 Å². The minimum Gasteiger partial charge on any atom is -0.425 e. The van der Waals surface area contributed by atoms with Crippen LogP contribution in [-0.4, -0.2) is 22.6 Å². The molecule has 0 aromatic heterocycles. The monoisotopic (exact) mass is 317 g/mol. The summed E-state index contributed by atoms with van der Waals surface area (Å²) in [6.45, 7) is 6.76. The number of hydrogen-bond acceptors (Lipinski definition) is 3. The minimum atomic E-state index is -0.716. The molecule has 0 aliphatic rings. The van der Waals surface area contributed by atoms with Crippen molar-refractivity contribution in [3.05, 3.63) is 23.3 Å². The molecular formula is C14H17Cl2NO3. The first-order chi connectivity index (χ1) is 9.22. The second kappa shape index (κ2) is 6.95. The van der Waals surface area contributed by atoms with Crippen molar-refractivity contribution in [2.24, 2.45) is 0 Å². The Morgan fingerprint density at radius 1 is 1.10 bits per heavy atom. The molecule has 0 heterocycles. The Bertz CT molecular complexity index is 504. The summed E-state index contributed by atoms with van der Waals surface area (Å²) in [5.74, 6) is -0.400. The Labute approximate surface area is 128 Å². The van der Waals surface area contributed by atoms with Gasteiger partial charge in [-0.25, -0.2) is 0 Å². The normalized spacial score (nSPS) is 13.5. The van der Waals surface area contributed by atoms with Crippen LogP contribution in [0.5, 0.6) is 5.75 Å². The molecule has 20 heavy (non-hydrogen) atoms. The molecule has 1 aromatic carbocycles. The SMILES string of the molecule is Cc1cc(OC(=O)C(C)Cl)cc(C)c1NC(=O)C(C)Cl. The molecule has 0 saturated heterocycles. The van der Waals surface area contributed by atoms with Crippen molar-refractivity contribution >= 4 is 40.8 Å².